The number of halogens is 2. The normalized spacial score (nSPS) is 18.5. The molecule has 7 heteroatoms. The second kappa shape index (κ2) is 12.5. The highest BCUT2D eigenvalue weighted by atomic mass is 19.1. The summed E-state index contributed by atoms with van der Waals surface area (Å²) < 4.78 is 26.7. The molecule has 0 N–H and O–H groups in total. The lowest BCUT2D eigenvalue weighted by molar-refractivity contribution is -0.142. The first-order chi connectivity index (χ1) is 17.8. The third-order valence-electron chi connectivity index (χ3n) is 7.64. The summed E-state index contributed by atoms with van der Waals surface area (Å²) in [5.74, 6) is -0.673. The zero-order valence-electron chi connectivity index (χ0n) is 21.8. The van der Waals surface area contributed by atoms with Gasteiger partial charge in [0.15, 0.2) is 0 Å². The number of hydrogen-bond donors (Lipinski definition) is 0. The second-order valence-electron chi connectivity index (χ2n) is 10.5. The average Bonchev–Trinajstić information content (AvgIpc) is 2.90. The van der Waals surface area contributed by atoms with E-state index < -0.39 is 11.6 Å². The maximum atomic E-state index is 13.5. The van der Waals surface area contributed by atoms with Gasteiger partial charge in [0.05, 0.1) is 5.92 Å². The van der Waals surface area contributed by atoms with Crippen molar-refractivity contribution in [2.45, 2.75) is 32.6 Å². The van der Waals surface area contributed by atoms with E-state index in [1.807, 2.05) is 4.90 Å². The number of rotatable bonds is 7. The summed E-state index contributed by atoms with van der Waals surface area (Å²) in [6, 6.07) is 13.8. The Morgan fingerprint density at radius 2 is 1.49 bits per heavy atom. The van der Waals surface area contributed by atoms with E-state index in [1.54, 1.807) is 4.90 Å². The molecule has 2 heterocycles. The van der Waals surface area contributed by atoms with Gasteiger partial charge in [-0.05, 0) is 67.1 Å². The number of piperazine rings is 1. The van der Waals surface area contributed by atoms with Gasteiger partial charge in [-0.25, -0.2) is 8.78 Å². The number of benzene rings is 2. The molecule has 0 radical (unpaired) electrons. The lowest BCUT2D eigenvalue weighted by atomic mass is 9.88. The lowest BCUT2D eigenvalue weighted by Gasteiger charge is -2.39. The third-order valence-corrected chi connectivity index (χ3v) is 7.64. The summed E-state index contributed by atoms with van der Waals surface area (Å²) in [4.78, 5) is 32.0. The molecule has 2 aliphatic heterocycles. The van der Waals surface area contributed by atoms with Crippen LogP contribution in [0.5, 0.6) is 0 Å². The molecule has 2 saturated heterocycles. The maximum absolute atomic E-state index is 13.5. The fourth-order valence-corrected chi connectivity index (χ4v) is 5.35. The monoisotopic (exact) mass is 509 g/mol. The maximum Gasteiger partial charge on any atom is 0.246 e. The van der Waals surface area contributed by atoms with Crippen LogP contribution >= 0.6 is 0 Å². The first-order valence-electron chi connectivity index (χ1n) is 13.3. The van der Waals surface area contributed by atoms with Crippen molar-refractivity contribution in [2.24, 2.45) is 11.8 Å². The number of carbonyl (C=O) groups excluding carboxylic acids is 2. The highest BCUT2D eigenvalue weighted by Gasteiger charge is 2.32. The minimum atomic E-state index is -0.681. The number of hydrogen-bond acceptors (Lipinski definition) is 3. The van der Waals surface area contributed by atoms with Crippen LogP contribution in [0.4, 0.5) is 8.78 Å². The van der Waals surface area contributed by atoms with Crippen LogP contribution in [0.2, 0.25) is 0 Å². The minimum absolute atomic E-state index is 0.0710. The van der Waals surface area contributed by atoms with E-state index in [-0.39, 0.29) is 23.7 Å². The molecule has 0 aromatic heterocycles. The number of likely N-dealkylation sites (tertiary alicyclic amines) is 1. The Kier molecular flexibility index (Phi) is 9.09. The molecule has 0 spiro atoms. The summed E-state index contributed by atoms with van der Waals surface area (Å²) in [5, 5.41) is 0. The van der Waals surface area contributed by atoms with E-state index in [0.717, 1.165) is 38.5 Å². The Balaban J connectivity index is 1.27. The molecule has 2 aromatic carbocycles. The highest BCUT2D eigenvalue weighted by Crippen LogP contribution is 2.29. The van der Waals surface area contributed by atoms with Crippen molar-refractivity contribution < 1.29 is 18.4 Å². The molecule has 2 amide bonds. The summed E-state index contributed by atoms with van der Waals surface area (Å²) in [7, 11) is 0. The lowest BCUT2D eigenvalue weighted by Crippen LogP contribution is -2.53. The van der Waals surface area contributed by atoms with Gasteiger partial charge in [0.25, 0.3) is 0 Å². The molecule has 0 saturated carbocycles. The molecule has 37 heavy (non-hydrogen) atoms. The second-order valence-corrected chi connectivity index (χ2v) is 10.5. The van der Waals surface area contributed by atoms with E-state index in [0.29, 0.717) is 37.7 Å². The van der Waals surface area contributed by atoms with E-state index in [2.05, 4.69) is 49.1 Å². The number of piperidine rings is 1. The van der Waals surface area contributed by atoms with Crippen LogP contribution in [0.25, 0.3) is 6.08 Å². The third kappa shape index (κ3) is 7.25. The van der Waals surface area contributed by atoms with Gasteiger partial charge < -0.3 is 14.7 Å². The fourth-order valence-electron chi connectivity index (χ4n) is 5.35. The molecule has 2 aliphatic rings. The topological polar surface area (TPSA) is 43.9 Å². The van der Waals surface area contributed by atoms with Crippen LogP contribution in [-0.2, 0) is 9.59 Å². The summed E-state index contributed by atoms with van der Waals surface area (Å²) >= 11 is 0. The molecule has 2 fully saturated rings. The van der Waals surface area contributed by atoms with Crippen LogP contribution in [0.1, 0.15) is 43.7 Å². The Bertz CT molecular complexity index is 1070. The van der Waals surface area contributed by atoms with E-state index >= 15 is 0 Å². The summed E-state index contributed by atoms with van der Waals surface area (Å²) in [6.07, 6.45) is 4.97. The van der Waals surface area contributed by atoms with Gasteiger partial charge in [-0.1, -0.05) is 44.2 Å². The molecule has 0 bridgehead atoms. The van der Waals surface area contributed by atoms with Gasteiger partial charge in [-0.2, -0.15) is 0 Å². The van der Waals surface area contributed by atoms with Crippen molar-refractivity contribution in [1.82, 2.24) is 14.7 Å². The molecular formula is C30H37F2N3O2. The van der Waals surface area contributed by atoms with Crippen LogP contribution in [0.3, 0.4) is 0 Å². The van der Waals surface area contributed by atoms with Gasteiger partial charge in [0.2, 0.25) is 11.8 Å². The van der Waals surface area contributed by atoms with Crippen molar-refractivity contribution >= 4 is 17.9 Å². The van der Waals surface area contributed by atoms with E-state index in [9.17, 15) is 18.4 Å². The number of nitrogens with zero attached hydrogens (tertiary/aromatic N) is 3. The molecule has 4 rings (SSSR count). The van der Waals surface area contributed by atoms with Crippen molar-refractivity contribution in [3.8, 4) is 0 Å². The van der Waals surface area contributed by atoms with E-state index in [1.165, 1.54) is 29.8 Å². The van der Waals surface area contributed by atoms with Gasteiger partial charge in [-0.15, -0.1) is 0 Å². The Morgan fingerprint density at radius 1 is 0.892 bits per heavy atom. The van der Waals surface area contributed by atoms with Crippen molar-refractivity contribution in [3.63, 3.8) is 0 Å². The molecule has 198 valence electrons. The molecule has 1 atom stereocenters. The number of carbonyl (C=O) groups is 2. The average molecular weight is 510 g/mol. The van der Waals surface area contributed by atoms with Crippen LogP contribution in [0.15, 0.2) is 54.6 Å². The summed E-state index contributed by atoms with van der Waals surface area (Å²) in [5.41, 5.74) is 1.70. The largest absolute Gasteiger partial charge is 0.339 e. The molecule has 2 aromatic rings. The SMILES string of the molecule is CC(C)C(CN1CCC(c2ccccc2)CC1)C(=O)N1CCN(C(=O)/C=C/c2cc(F)cc(F)c2)CC1. The van der Waals surface area contributed by atoms with Crippen LogP contribution in [-0.4, -0.2) is 72.3 Å². The van der Waals surface area contributed by atoms with Gasteiger partial charge in [-0.3, -0.25) is 9.59 Å². The van der Waals surface area contributed by atoms with Crippen LogP contribution < -0.4 is 0 Å². The van der Waals surface area contributed by atoms with Crippen molar-refractivity contribution in [2.75, 3.05) is 45.8 Å². The minimum Gasteiger partial charge on any atom is -0.339 e. The first kappa shape index (κ1) is 27.0. The van der Waals surface area contributed by atoms with Gasteiger partial charge >= 0.3 is 0 Å². The first-order valence-corrected chi connectivity index (χ1v) is 13.3. The standard InChI is InChI=1S/C30H37F2N3O2/c1-22(2)28(21-33-12-10-25(11-13-33)24-6-4-3-5-7-24)30(37)35-16-14-34(15-17-35)29(36)9-8-23-18-26(31)20-27(32)19-23/h3-9,18-20,22,25,28H,10-17,21H2,1-2H3/b9-8+. The fraction of sp³-hybridized carbons (Fsp3) is 0.467. The number of amides is 2. The molecular weight excluding hydrogens is 472 g/mol. The van der Waals surface area contributed by atoms with Crippen molar-refractivity contribution in [1.29, 1.82) is 0 Å². The predicted octanol–water partition coefficient (Wildman–Crippen LogP) is 4.80. The molecule has 0 aliphatic carbocycles. The smallest absolute Gasteiger partial charge is 0.246 e. The molecule has 1 unspecified atom stereocenters. The highest BCUT2D eigenvalue weighted by molar-refractivity contribution is 5.92. The molecule has 5 nitrogen and oxygen atoms in total. The van der Waals surface area contributed by atoms with Gasteiger partial charge in [0.1, 0.15) is 11.6 Å². The Morgan fingerprint density at radius 3 is 2.08 bits per heavy atom. The zero-order valence-corrected chi connectivity index (χ0v) is 21.8. The van der Waals surface area contributed by atoms with Crippen molar-refractivity contribution in [3.05, 3.63) is 77.4 Å². The predicted molar refractivity (Wildman–Crippen MR) is 142 cm³/mol. The Hall–Kier alpha value is -3.06. The summed E-state index contributed by atoms with van der Waals surface area (Å²) in [6.45, 7) is 8.86. The van der Waals surface area contributed by atoms with Gasteiger partial charge in [0, 0.05) is 44.9 Å². The Labute approximate surface area is 218 Å². The zero-order chi connectivity index (χ0) is 26.4. The van der Waals surface area contributed by atoms with E-state index in [4.69, 9.17) is 0 Å². The van der Waals surface area contributed by atoms with Crippen LogP contribution in [0, 0.1) is 23.5 Å². The quantitative estimate of drug-likeness (QED) is 0.504.